The lowest BCUT2D eigenvalue weighted by atomic mass is 10.1. The number of hydrogen-bond donors (Lipinski definition) is 2. The second kappa shape index (κ2) is 7.72. The summed E-state index contributed by atoms with van der Waals surface area (Å²) >= 11 is 0. The average Bonchev–Trinajstić information content (AvgIpc) is 2.46. The van der Waals surface area contributed by atoms with Gasteiger partial charge < -0.3 is 4.90 Å². The summed E-state index contributed by atoms with van der Waals surface area (Å²) in [4.78, 5) is 20.9. The summed E-state index contributed by atoms with van der Waals surface area (Å²) in [6, 6.07) is 0.187. The predicted octanol–water partition coefficient (Wildman–Crippen LogP) is 2.32. The molecule has 0 radical (unpaired) electrons. The van der Waals surface area contributed by atoms with Crippen molar-refractivity contribution >= 4 is 17.5 Å². The van der Waals surface area contributed by atoms with Crippen molar-refractivity contribution in [2.45, 2.75) is 46.6 Å². The van der Waals surface area contributed by atoms with E-state index < -0.39 is 4.92 Å². The molecule has 118 valence electrons. The van der Waals surface area contributed by atoms with Crippen LogP contribution < -0.4 is 16.2 Å². The fourth-order valence-electron chi connectivity index (χ4n) is 2.31. The summed E-state index contributed by atoms with van der Waals surface area (Å²) in [6.45, 7) is 8.97. The van der Waals surface area contributed by atoms with E-state index >= 15 is 0 Å². The van der Waals surface area contributed by atoms with E-state index in [1.165, 1.54) is 6.20 Å². The Morgan fingerprint density at radius 3 is 2.48 bits per heavy atom. The number of aromatic nitrogens is 2. The molecule has 0 atom stereocenters. The van der Waals surface area contributed by atoms with Crippen molar-refractivity contribution < 1.29 is 4.92 Å². The maximum Gasteiger partial charge on any atom is 0.329 e. The largest absolute Gasteiger partial charge is 0.348 e. The number of nitrogens with one attached hydrogen (secondary N) is 1. The van der Waals surface area contributed by atoms with Crippen LogP contribution in [0.4, 0.5) is 17.5 Å². The van der Waals surface area contributed by atoms with E-state index in [1.54, 1.807) is 0 Å². The van der Waals surface area contributed by atoms with E-state index in [-0.39, 0.29) is 17.7 Å². The molecular formula is C13H24N6O2. The molecular weight excluding hydrogens is 272 g/mol. The lowest BCUT2D eigenvalue weighted by Gasteiger charge is -2.32. The van der Waals surface area contributed by atoms with E-state index in [4.69, 9.17) is 5.84 Å². The molecule has 1 aromatic heterocycles. The molecule has 0 aliphatic carbocycles. The van der Waals surface area contributed by atoms with Gasteiger partial charge in [0.1, 0.15) is 6.20 Å². The van der Waals surface area contributed by atoms with Crippen molar-refractivity contribution in [1.82, 2.24) is 9.97 Å². The second-order valence-electron chi connectivity index (χ2n) is 5.32. The van der Waals surface area contributed by atoms with Gasteiger partial charge in [-0.3, -0.25) is 15.5 Å². The van der Waals surface area contributed by atoms with Crippen molar-refractivity contribution in [3.05, 3.63) is 16.3 Å². The summed E-state index contributed by atoms with van der Waals surface area (Å²) in [6.07, 6.45) is 2.97. The van der Waals surface area contributed by atoms with Gasteiger partial charge in [0.2, 0.25) is 11.8 Å². The first kappa shape index (κ1) is 17.1. The van der Waals surface area contributed by atoms with Crippen LogP contribution in [0, 0.1) is 16.0 Å². The topological polar surface area (TPSA) is 110 Å². The molecule has 1 heterocycles. The van der Waals surface area contributed by atoms with Gasteiger partial charge in [-0.05, 0) is 18.8 Å². The first-order chi connectivity index (χ1) is 9.94. The quantitative estimate of drug-likeness (QED) is 0.430. The molecule has 0 aliphatic heterocycles. The Balaban J connectivity index is 3.35. The molecule has 0 fully saturated rings. The Kier molecular flexibility index (Phi) is 6.29. The van der Waals surface area contributed by atoms with E-state index in [1.807, 2.05) is 4.90 Å². The third kappa shape index (κ3) is 4.25. The average molecular weight is 296 g/mol. The van der Waals surface area contributed by atoms with Crippen LogP contribution in [-0.2, 0) is 0 Å². The monoisotopic (exact) mass is 296 g/mol. The van der Waals surface area contributed by atoms with Gasteiger partial charge in [-0.1, -0.05) is 27.7 Å². The molecule has 0 aliphatic rings. The van der Waals surface area contributed by atoms with E-state index in [9.17, 15) is 10.1 Å². The fraction of sp³-hybridized carbons (Fsp3) is 0.692. The Morgan fingerprint density at radius 2 is 2.05 bits per heavy atom. The van der Waals surface area contributed by atoms with Crippen LogP contribution in [0.3, 0.4) is 0 Å². The molecule has 0 saturated carbocycles. The molecule has 0 unspecified atom stereocenters. The third-order valence-corrected chi connectivity index (χ3v) is 3.29. The third-order valence-electron chi connectivity index (χ3n) is 3.29. The maximum atomic E-state index is 11.3. The van der Waals surface area contributed by atoms with E-state index in [0.29, 0.717) is 18.3 Å². The van der Waals surface area contributed by atoms with Gasteiger partial charge in [0.05, 0.1) is 4.92 Å². The molecule has 1 rings (SSSR count). The Bertz CT molecular complexity index is 476. The molecule has 0 spiro atoms. The molecule has 8 nitrogen and oxygen atoms in total. The van der Waals surface area contributed by atoms with Crippen LogP contribution in [0.5, 0.6) is 0 Å². The zero-order chi connectivity index (χ0) is 16.0. The van der Waals surface area contributed by atoms with Crippen LogP contribution in [0.1, 0.15) is 40.5 Å². The summed E-state index contributed by atoms with van der Waals surface area (Å²) in [7, 11) is 0. The van der Waals surface area contributed by atoms with E-state index in [0.717, 1.165) is 12.8 Å². The number of nitrogen functional groups attached to an aromatic ring is 1. The summed E-state index contributed by atoms with van der Waals surface area (Å²) in [5, 5.41) is 11.3. The van der Waals surface area contributed by atoms with Crippen LogP contribution in [0.25, 0.3) is 0 Å². The van der Waals surface area contributed by atoms with Crippen molar-refractivity contribution in [3.63, 3.8) is 0 Å². The highest BCUT2D eigenvalue weighted by Crippen LogP contribution is 2.29. The number of nitrogens with two attached hydrogens (primary N) is 1. The van der Waals surface area contributed by atoms with Crippen LogP contribution in [0.15, 0.2) is 6.20 Å². The molecule has 8 heteroatoms. The van der Waals surface area contributed by atoms with Gasteiger partial charge in [0.15, 0.2) is 0 Å². The van der Waals surface area contributed by atoms with Crippen LogP contribution in [-0.4, -0.2) is 27.5 Å². The van der Waals surface area contributed by atoms with Crippen molar-refractivity contribution in [2.75, 3.05) is 16.9 Å². The van der Waals surface area contributed by atoms with Crippen molar-refractivity contribution in [1.29, 1.82) is 0 Å². The number of nitrogens with zero attached hydrogens (tertiary/aromatic N) is 4. The molecule has 1 aromatic rings. The Morgan fingerprint density at radius 1 is 1.43 bits per heavy atom. The normalized spacial score (nSPS) is 11.0. The molecule has 21 heavy (non-hydrogen) atoms. The highest BCUT2D eigenvalue weighted by atomic mass is 16.6. The minimum Gasteiger partial charge on any atom is -0.348 e. The highest BCUT2D eigenvalue weighted by Gasteiger charge is 2.27. The molecule has 0 aromatic carbocycles. The highest BCUT2D eigenvalue weighted by molar-refractivity contribution is 5.59. The molecule has 0 saturated heterocycles. The van der Waals surface area contributed by atoms with Gasteiger partial charge in [0, 0.05) is 12.6 Å². The van der Waals surface area contributed by atoms with Crippen molar-refractivity contribution in [3.8, 4) is 0 Å². The Hall–Kier alpha value is -1.96. The number of hydrogen-bond acceptors (Lipinski definition) is 7. The minimum atomic E-state index is -0.453. The number of anilines is 2. The number of hydrazine groups is 1. The lowest BCUT2D eigenvalue weighted by molar-refractivity contribution is -0.384. The SMILES string of the molecule is CCC(CC)N(CC(C)C)c1nc(NN)ncc1[N+](=O)[O-]. The minimum absolute atomic E-state index is 0.0958. The smallest absolute Gasteiger partial charge is 0.329 e. The first-order valence-corrected chi connectivity index (χ1v) is 7.19. The van der Waals surface area contributed by atoms with Crippen molar-refractivity contribution in [2.24, 2.45) is 11.8 Å². The fourth-order valence-corrected chi connectivity index (χ4v) is 2.31. The Labute approximate surface area is 124 Å². The molecule has 0 bridgehead atoms. The molecule has 3 N–H and O–H groups in total. The van der Waals surface area contributed by atoms with Gasteiger partial charge in [-0.15, -0.1) is 0 Å². The lowest BCUT2D eigenvalue weighted by Crippen LogP contribution is -2.38. The summed E-state index contributed by atoms with van der Waals surface area (Å²) in [5.74, 6) is 6.18. The van der Waals surface area contributed by atoms with Crippen LogP contribution in [0.2, 0.25) is 0 Å². The summed E-state index contributed by atoms with van der Waals surface area (Å²) in [5.41, 5.74) is 2.25. The maximum absolute atomic E-state index is 11.3. The predicted molar refractivity (Wildman–Crippen MR) is 83.1 cm³/mol. The zero-order valence-corrected chi connectivity index (χ0v) is 13.0. The number of nitro groups is 1. The second-order valence-corrected chi connectivity index (χ2v) is 5.32. The van der Waals surface area contributed by atoms with E-state index in [2.05, 4.69) is 43.1 Å². The van der Waals surface area contributed by atoms with Crippen LogP contribution >= 0.6 is 0 Å². The zero-order valence-electron chi connectivity index (χ0n) is 13.0. The first-order valence-electron chi connectivity index (χ1n) is 7.19. The number of rotatable bonds is 8. The molecule has 0 amide bonds. The van der Waals surface area contributed by atoms with Gasteiger partial charge in [-0.2, -0.15) is 4.98 Å². The standard InChI is InChI=1S/C13H24N6O2/c1-5-10(6-2)18(8-9(3)4)12-11(19(20)21)7-15-13(16-12)17-14/h7,9-10H,5-6,8,14H2,1-4H3,(H,15,16,17). The summed E-state index contributed by atoms with van der Waals surface area (Å²) < 4.78 is 0. The van der Waals surface area contributed by atoms with Gasteiger partial charge >= 0.3 is 5.69 Å². The van der Waals surface area contributed by atoms with Gasteiger partial charge in [0.25, 0.3) is 0 Å². The van der Waals surface area contributed by atoms with Gasteiger partial charge in [-0.25, -0.2) is 10.8 Å².